The smallest absolute Gasteiger partial charge is 0.272 e. The van der Waals surface area contributed by atoms with Gasteiger partial charge in [0.2, 0.25) is 0 Å². The first-order valence-electron chi connectivity index (χ1n) is 7.65. The topological polar surface area (TPSA) is 45.2 Å². The van der Waals surface area contributed by atoms with Crippen molar-refractivity contribution in [3.63, 3.8) is 0 Å². The molecule has 0 unspecified atom stereocenters. The number of carbonyl (C=O) groups is 1. The lowest BCUT2D eigenvalue weighted by atomic mass is 10.1. The summed E-state index contributed by atoms with van der Waals surface area (Å²) in [7, 11) is 0. The lowest BCUT2D eigenvalue weighted by Gasteiger charge is -2.18. The van der Waals surface area contributed by atoms with E-state index in [0.717, 1.165) is 11.4 Å². The van der Waals surface area contributed by atoms with Crippen LogP contribution < -0.4 is 5.32 Å². The van der Waals surface area contributed by atoms with Crippen molar-refractivity contribution in [3.8, 4) is 0 Å². The van der Waals surface area contributed by atoms with Gasteiger partial charge in [0.15, 0.2) is 0 Å². The number of nitrogens with one attached hydrogen (secondary N) is 1. The molecule has 0 saturated heterocycles. The zero-order valence-electron chi connectivity index (χ0n) is 13.7. The molecule has 0 aliphatic rings. The summed E-state index contributed by atoms with van der Waals surface area (Å²) in [5.74, 6) is -0.0323. The summed E-state index contributed by atoms with van der Waals surface area (Å²) in [6.07, 6.45) is 1.67. The molecule has 1 aromatic carbocycles. The first-order chi connectivity index (χ1) is 10.6. The molecule has 116 valence electrons. The number of para-hydroxylation sites is 1. The van der Waals surface area contributed by atoms with Crippen molar-refractivity contribution in [3.05, 3.63) is 53.3 Å². The molecular weight excluding hydrogens is 274 g/mol. The number of hydrogen-bond acceptors (Lipinski definition) is 3. The van der Waals surface area contributed by atoms with Crippen LogP contribution in [0.15, 0.2) is 36.5 Å². The Morgan fingerprint density at radius 1 is 1.14 bits per heavy atom. The van der Waals surface area contributed by atoms with E-state index in [9.17, 15) is 4.79 Å². The zero-order chi connectivity index (χ0) is 16.1. The Labute approximate surface area is 132 Å². The highest BCUT2D eigenvalue weighted by molar-refractivity contribution is 5.93. The van der Waals surface area contributed by atoms with Crippen molar-refractivity contribution >= 4 is 17.3 Å². The molecule has 1 N–H and O–H groups in total. The second-order valence-corrected chi connectivity index (χ2v) is 5.30. The number of aromatic nitrogens is 1. The van der Waals surface area contributed by atoms with Crippen molar-refractivity contribution in [2.24, 2.45) is 0 Å². The SMILES string of the molecule is CCN(CC)C(=O)c1cc(Nc2c(C)cccc2C)ccn1. The van der Waals surface area contributed by atoms with Gasteiger partial charge in [0, 0.05) is 30.7 Å². The van der Waals surface area contributed by atoms with Gasteiger partial charge in [-0.2, -0.15) is 0 Å². The van der Waals surface area contributed by atoms with Crippen LogP contribution in [-0.2, 0) is 0 Å². The minimum absolute atomic E-state index is 0.0323. The van der Waals surface area contributed by atoms with E-state index >= 15 is 0 Å². The van der Waals surface area contributed by atoms with Crippen LogP contribution in [0.3, 0.4) is 0 Å². The van der Waals surface area contributed by atoms with E-state index in [1.807, 2.05) is 32.0 Å². The Kier molecular flexibility index (Phi) is 5.15. The van der Waals surface area contributed by atoms with Gasteiger partial charge in [0.1, 0.15) is 5.69 Å². The molecule has 0 saturated carbocycles. The van der Waals surface area contributed by atoms with E-state index < -0.39 is 0 Å². The number of pyridine rings is 1. The number of carbonyl (C=O) groups excluding carboxylic acids is 1. The monoisotopic (exact) mass is 297 g/mol. The average molecular weight is 297 g/mol. The molecule has 1 aromatic heterocycles. The third-order valence-corrected chi connectivity index (χ3v) is 3.78. The number of nitrogens with zero attached hydrogens (tertiary/aromatic N) is 2. The predicted octanol–water partition coefficient (Wildman–Crippen LogP) is 3.92. The van der Waals surface area contributed by atoms with Gasteiger partial charge in [-0.15, -0.1) is 0 Å². The maximum atomic E-state index is 12.4. The van der Waals surface area contributed by atoms with Crippen LogP contribution in [0.5, 0.6) is 0 Å². The Hall–Kier alpha value is -2.36. The molecule has 0 spiro atoms. The summed E-state index contributed by atoms with van der Waals surface area (Å²) in [6.45, 7) is 9.45. The maximum Gasteiger partial charge on any atom is 0.272 e. The van der Waals surface area contributed by atoms with Crippen LogP contribution in [0.1, 0.15) is 35.5 Å². The van der Waals surface area contributed by atoms with Gasteiger partial charge in [-0.1, -0.05) is 18.2 Å². The van der Waals surface area contributed by atoms with Gasteiger partial charge in [0.05, 0.1) is 0 Å². The van der Waals surface area contributed by atoms with Gasteiger partial charge in [0.25, 0.3) is 5.91 Å². The Morgan fingerprint density at radius 3 is 2.36 bits per heavy atom. The first kappa shape index (κ1) is 16.0. The van der Waals surface area contributed by atoms with Crippen molar-refractivity contribution in [2.45, 2.75) is 27.7 Å². The molecule has 1 amide bonds. The third-order valence-electron chi connectivity index (χ3n) is 3.78. The lowest BCUT2D eigenvalue weighted by Crippen LogP contribution is -2.31. The molecule has 4 nitrogen and oxygen atoms in total. The molecule has 2 aromatic rings. The van der Waals surface area contributed by atoms with Gasteiger partial charge in [-0.05, 0) is 51.0 Å². The van der Waals surface area contributed by atoms with Gasteiger partial charge < -0.3 is 10.2 Å². The predicted molar refractivity (Wildman–Crippen MR) is 90.7 cm³/mol. The summed E-state index contributed by atoms with van der Waals surface area (Å²) >= 11 is 0. The number of rotatable bonds is 5. The Bertz CT molecular complexity index is 643. The van der Waals surface area contributed by atoms with Crippen molar-refractivity contribution in [2.75, 3.05) is 18.4 Å². The van der Waals surface area contributed by atoms with Gasteiger partial charge >= 0.3 is 0 Å². The fourth-order valence-corrected chi connectivity index (χ4v) is 2.45. The molecule has 1 heterocycles. The quantitative estimate of drug-likeness (QED) is 0.909. The van der Waals surface area contributed by atoms with E-state index in [0.29, 0.717) is 18.8 Å². The molecule has 0 radical (unpaired) electrons. The highest BCUT2D eigenvalue weighted by Gasteiger charge is 2.14. The maximum absolute atomic E-state index is 12.4. The van der Waals surface area contributed by atoms with Crippen molar-refractivity contribution in [1.82, 2.24) is 9.88 Å². The van der Waals surface area contributed by atoms with E-state index in [-0.39, 0.29) is 5.91 Å². The average Bonchev–Trinajstić information content (AvgIpc) is 2.52. The van der Waals surface area contributed by atoms with Crippen LogP contribution in [0.4, 0.5) is 11.4 Å². The molecule has 0 aliphatic carbocycles. The van der Waals surface area contributed by atoms with Crippen molar-refractivity contribution in [1.29, 1.82) is 0 Å². The summed E-state index contributed by atoms with van der Waals surface area (Å²) in [5.41, 5.74) is 4.78. The number of benzene rings is 1. The third kappa shape index (κ3) is 3.45. The normalized spacial score (nSPS) is 10.4. The molecule has 0 aliphatic heterocycles. The summed E-state index contributed by atoms with van der Waals surface area (Å²) in [4.78, 5) is 18.4. The summed E-state index contributed by atoms with van der Waals surface area (Å²) in [5, 5.41) is 3.40. The van der Waals surface area contributed by atoms with Crippen LogP contribution in [0, 0.1) is 13.8 Å². The van der Waals surface area contributed by atoms with Crippen molar-refractivity contribution < 1.29 is 4.79 Å². The lowest BCUT2D eigenvalue weighted by molar-refractivity contribution is 0.0767. The second kappa shape index (κ2) is 7.07. The number of amides is 1. The Morgan fingerprint density at radius 2 is 1.77 bits per heavy atom. The molecule has 4 heteroatoms. The van der Waals surface area contributed by atoms with E-state index in [4.69, 9.17) is 0 Å². The van der Waals surface area contributed by atoms with Crippen LogP contribution in [-0.4, -0.2) is 28.9 Å². The van der Waals surface area contributed by atoms with Crippen LogP contribution in [0.25, 0.3) is 0 Å². The van der Waals surface area contributed by atoms with Crippen LogP contribution in [0.2, 0.25) is 0 Å². The zero-order valence-corrected chi connectivity index (χ0v) is 13.7. The van der Waals surface area contributed by atoms with Crippen LogP contribution >= 0.6 is 0 Å². The van der Waals surface area contributed by atoms with E-state index in [1.54, 1.807) is 11.1 Å². The molecule has 0 atom stereocenters. The fraction of sp³-hybridized carbons (Fsp3) is 0.333. The highest BCUT2D eigenvalue weighted by atomic mass is 16.2. The standard InChI is InChI=1S/C18H23N3O/c1-5-21(6-2)18(22)16-12-15(10-11-19-16)20-17-13(3)8-7-9-14(17)4/h7-12H,5-6H2,1-4H3,(H,19,20). The first-order valence-corrected chi connectivity index (χ1v) is 7.65. The van der Waals surface area contributed by atoms with Gasteiger partial charge in [-0.3, -0.25) is 9.78 Å². The number of aryl methyl sites for hydroxylation is 2. The fourth-order valence-electron chi connectivity index (χ4n) is 2.45. The number of hydrogen-bond donors (Lipinski definition) is 1. The minimum Gasteiger partial charge on any atom is -0.355 e. The highest BCUT2D eigenvalue weighted by Crippen LogP contribution is 2.24. The summed E-state index contributed by atoms with van der Waals surface area (Å²) in [6, 6.07) is 9.87. The largest absolute Gasteiger partial charge is 0.355 e. The molecular formula is C18H23N3O. The summed E-state index contributed by atoms with van der Waals surface area (Å²) < 4.78 is 0. The molecule has 2 rings (SSSR count). The minimum atomic E-state index is -0.0323. The number of anilines is 2. The van der Waals surface area contributed by atoms with E-state index in [1.165, 1.54) is 11.1 Å². The Balaban J connectivity index is 2.27. The second-order valence-electron chi connectivity index (χ2n) is 5.30. The van der Waals surface area contributed by atoms with E-state index in [2.05, 4.69) is 36.3 Å². The molecule has 0 fully saturated rings. The molecule has 22 heavy (non-hydrogen) atoms. The molecule has 0 bridgehead atoms. The van der Waals surface area contributed by atoms with Gasteiger partial charge in [-0.25, -0.2) is 0 Å².